The summed E-state index contributed by atoms with van der Waals surface area (Å²) in [6, 6.07) is 14.4. The Morgan fingerprint density at radius 3 is 2.32 bits per heavy atom. The zero-order valence-electron chi connectivity index (χ0n) is 21.3. The largest absolute Gasteiger partial charge is 0.497 e. The third kappa shape index (κ3) is 5.01. The van der Waals surface area contributed by atoms with Gasteiger partial charge >= 0.3 is 11.9 Å². The highest BCUT2D eigenvalue weighted by Gasteiger charge is 2.49. The van der Waals surface area contributed by atoms with Gasteiger partial charge in [-0.1, -0.05) is 41.9 Å². The number of ether oxygens (including phenoxy) is 3. The van der Waals surface area contributed by atoms with Crippen LogP contribution in [0.25, 0.3) is 0 Å². The number of esters is 2. The monoisotopic (exact) mass is 523 g/mol. The Balaban J connectivity index is 1.90. The molecule has 37 heavy (non-hydrogen) atoms. The number of Topliss-reactive ketones (excluding diaryl/α,β-unsaturated/α-hetero) is 1. The summed E-state index contributed by atoms with van der Waals surface area (Å²) in [5, 5.41) is 3.70. The first kappa shape index (κ1) is 26.5. The van der Waals surface area contributed by atoms with E-state index in [-0.39, 0.29) is 13.2 Å². The molecule has 0 saturated carbocycles. The lowest BCUT2D eigenvalue weighted by molar-refractivity contribution is -0.152. The molecule has 2 aliphatic rings. The van der Waals surface area contributed by atoms with Gasteiger partial charge < -0.3 is 19.5 Å². The maximum Gasteiger partial charge on any atom is 0.336 e. The second kappa shape index (κ2) is 11.2. The Bertz CT molecular complexity index is 1280. The summed E-state index contributed by atoms with van der Waals surface area (Å²) < 4.78 is 16.0. The van der Waals surface area contributed by atoms with Crippen LogP contribution in [0.3, 0.4) is 0 Å². The summed E-state index contributed by atoms with van der Waals surface area (Å²) in [7, 11) is 1.58. The maximum atomic E-state index is 14.3. The normalized spacial score (nSPS) is 21.2. The molecule has 1 heterocycles. The van der Waals surface area contributed by atoms with Crippen LogP contribution in [0.4, 0.5) is 0 Å². The number of benzene rings is 2. The summed E-state index contributed by atoms with van der Waals surface area (Å²) in [6.45, 7) is 5.53. The molecule has 0 spiro atoms. The van der Waals surface area contributed by atoms with Crippen LogP contribution in [0.1, 0.15) is 50.2 Å². The summed E-state index contributed by atoms with van der Waals surface area (Å²) in [4.78, 5) is 40.7. The van der Waals surface area contributed by atoms with E-state index >= 15 is 0 Å². The number of ketones is 1. The fourth-order valence-electron chi connectivity index (χ4n) is 5.20. The van der Waals surface area contributed by atoms with Crippen molar-refractivity contribution in [3.8, 4) is 5.75 Å². The Labute approximate surface area is 221 Å². The van der Waals surface area contributed by atoms with E-state index < -0.39 is 35.5 Å². The Morgan fingerprint density at radius 2 is 1.70 bits per heavy atom. The minimum atomic E-state index is -1.08. The molecule has 2 aromatic carbocycles. The lowest BCUT2D eigenvalue weighted by atomic mass is 9.67. The highest BCUT2D eigenvalue weighted by molar-refractivity contribution is 6.31. The van der Waals surface area contributed by atoms with Crippen LogP contribution in [0.5, 0.6) is 5.75 Å². The number of carbonyl (C=O) groups excluding carboxylic acids is 3. The molecule has 1 aliphatic carbocycles. The molecule has 8 heteroatoms. The van der Waals surface area contributed by atoms with Crippen LogP contribution in [-0.4, -0.2) is 38.0 Å². The van der Waals surface area contributed by atoms with Crippen molar-refractivity contribution in [1.29, 1.82) is 0 Å². The highest BCUT2D eigenvalue weighted by atomic mass is 35.5. The molecule has 194 valence electrons. The number of hydrogen-bond donors (Lipinski definition) is 1. The number of allylic oxidation sites excluding steroid dienone is 3. The lowest BCUT2D eigenvalue weighted by Crippen LogP contribution is -2.43. The van der Waals surface area contributed by atoms with Gasteiger partial charge in [-0.15, -0.1) is 0 Å². The van der Waals surface area contributed by atoms with Crippen molar-refractivity contribution in [3.63, 3.8) is 0 Å². The number of rotatable bonds is 7. The fraction of sp³-hybridized carbons (Fsp3) is 0.345. The third-order valence-corrected chi connectivity index (χ3v) is 7.16. The number of carbonyl (C=O) groups is 3. The highest BCUT2D eigenvalue weighted by Crippen LogP contribution is 2.49. The molecule has 0 unspecified atom stereocenters. The number of nitrogens with one attached hydrogen (secondary N) is 1. The predicted molar refractivity (Wildman–Crippen MR) is 139 cm³/mol. The molecular weight excluding hydrogens is 494 g/mol. The molecule has 0 aromatic heterocycles. The molecule has 0 saturated heterocycles. The van der Waals surface area contributed by atoms with Gasteiger partial charge in [0.2, 0.25) is 0 Å². The SMILES string of the molecule is CCOC(=O)C1=C(C)NC2=C(C(=O)[C@H](C(=O)OCC)[C@H](c3ccc(OC)cc3)C2)[C@@H]1c1ccccc1Cl. The van der Waals surface area contributed by atoms with Crippen LogP contribution >= 0.6 is 11.6 Å². The van der Waals surface area contributed by atoms with Crippen LogP contribution in [-0.2, 0) is 23.9 Å². The average molecular weight is 524 g/mol. The van der Waals surface area contributed by atoms with Crippen molar-refractivity contribution in [2.24, 2.45) is 5.92 Å². The molecule has 0 bridgehead atoms. The van der Waals surface area contributed by atoms with Crippen LogP contribution in [0.2, 0.25) is 5.02 Å². The van der Waals surface area contributed by atoms with Crippen molar-refractivity contribution in [2.75, 3.05) is 20.3 Å². The zero-order chi connectivity index (χ0) is 26.7. The van der Waals surface area contributed by atoms with Crippen molar-refractivity contribution in [1.82, 2.24) is 5.32 Å². The summed E-state index contributed by atoms with van der Waals surface area (Å²) in [6.07, 6.45) is 0.366. The van der Waals surface area contributed by atoms with Gasteiger partial charge in [0.15, 0.2) is 5.78 Å². The quantitative estimate of drug-likeness (QED) is 0.400. The first-order valence-corrected chi connectivity index (χ1v) is 12.7. The topological polar surface area (TPSA) is 90.9 Å². The van der Waals surface area contributed by atoms with E-state index in [9.17, 15) is 14.4 Å². The van der Waals surface area contributed by atoms with Crippen molar-refractivity contribution >= 4 is 29.3 Å². The summed E-state index contributed by atoms with van der Waals surface area (Å²) in [5.74, 6) is -3.19. The second-order valence-electron chi connectivity index (χ2n) is 8.91. The zero-order valence-corrected chi connectivity index (χ0v) is 22.1. The van der Waals surface area contributed by atoms with Gasteiger partial charge in [0.1, 0.15) is 11.7 Å². The van der Waals surface area contributed by atoms with Gasteiger partial charge in [-0.3, -0.25) is 9.59 Å². The van der Waals surface area contributed by atoms with Crippen molar-refractivity contribution in [2.45, 2.75) is 39.0 Å². The Morgan fingerprint density at radius 1 is 1.03 bits per heavy atom. The van der Waals surface area contributed by atoms with Gasteiger partial charge in [-0.25, -0.2) is 4.79 Å². The summed E-state index contributed by atoms with van der Waals surface area (Å²) >= 11 is 6.60. The minimum absolute atomic E-state index is 0.142. The molecule has 2 aromatic rings. The van der Waals surface area contributed by atoms with E-state index in [4.69, 9.17) is 25.8 Å². The van der Waals surface area contributed by atoms with Crippen LogP contribution in [0, 0.1) is 5.92 Å². The van der Waals surface area contributed by atoms with Gasteiger partial charge in [-0.2, -0.15) is 0 Å². The molecular formula is C29H30ClNO6. The molecule has 7 nitrogen and oxygen atoms in total. The Hall–Kier alpha value is -3.58. The average Bonchev–Trinajstić information content (AvgIpc) is 2.88. The molecule has 0 radical (unpaired) electrons. The van der Waals surface area contributed by atoms with Crippen LogP contribution < -0.4 is 10.1 Å². The Kier molecular flexibility index (Phi) is 8.03. The predicted octanol–water partition coefficient (Wildman–Crippen LogP) is 5.06. The molecule has 1 aliphatic heterocycles. The van der Waals surface area contributed by atoms with Crippen molar-refractivity contribution < 1.29 is 28.6 Å². The van der Waals surface area contributed by atoms with E-state index in [1.807, 2.05) is 12.1 Å². The fourth-order valence-corrected chi connectivity index (χ4v) is 5.45. The smallest absolute Gasteiger partial charge is 0.336 e. The van der Waals surface area contributed by atoms with Gasteiger partial charge in [0, 0.05) is 33.8 Å². The standard InChI is InChI=1S/C29H30ClNO6/c1-5-36-28(33)23-16(3)31-22-15-20(17-11-13-18(35-4)14-12-17)25(29(34)37-6-2)27(32)26(22)24(23)19-9-7-8-10-21(19)30/h7-14,20,24-25,31H,5-6,15H2,1-4H3/t20-,24+,25+/m0/s1. The number of hydrogen-bond acceptors (Lipinski definition) is 7. The molecule has 3 atom stereocenters. The third-order valence-electron chi connectivity index (χ3n) is 6.82. The number of halogens is 1. The molecule has 4 rings (SSSR count). The van der Waals surface area contributed by atoms with E-state index in [2.05, 4.69) is 5.32 Å². The van der Waals surface area contributed by atoms with Gasteiger partial charge in [-0.05, 0) is 56.5 Å². The van der Waals surface area contributed by atoms with E-state index in [0.29, 0.717) is 45.3 Å². The maximum absolute atomic E-state index is 14.3. The first-order valence-electron chi connectivity index (χ1n) is 12.3. The molecule has 0 amide bonds. The summed E-state index contributed by atoms with van der Waals surface area (Å²) in [5.41, 5.74) is 3.28. The van der Waals surface area contributed by atoms with Crippen LogP contribution in [0.15, 0.2) is 71.1 Å². The molecule has 0 fully saturated rings. The van der Waals surface area contributed by atoms with E-state index in [1.165, 1.54) is 0 Å². The lowest BCUT2D eigenvalue weighted by Gasteiger charge is -2.39. The number of dihydropyridines is 1. The van der Waals surface area contributed by atoms with Crippen molar-refractivity contribution in [3.05, 3.63) is 87.2 Å². The van der Waals surface area contributed by atoms with E-state index in [0.717, 1.165) is 5.56 Å². The second-order valence-corrected chi connectivity index (χ2v) is 9.32. The van der Waals surface area contributed by atoms with Gasteiger partial charge in [0.25, 0.3) is 0 Å². The minimum Gasteiger partial charge on any atom is -0.497 e. The number of methoxy groups -OCH3 is 1. The molecule has 1 N–H and O–H groups in total. The first-order chi connectivity index (χ1) is 17.8. The van der Waals surface area contributed by atoms with E-state index in [1.54, 1.807) is 64.3 Å². The van der Waals surface area contributed by atoms with Gasteiger partial charge in [0.05, 0.1) is 25.9 Å².